The SMILES string of the molecule is COCCNC(=O)c1ccc(C)cc1C#CCCO. The van der Waals surface area contributed by atoms with E-state index in [-0.39, 0.29) is 12.5 Å². The van der Waals surface area contributed by atoms with Crippen LogP contribution in [0.5, 0.6) is 0 Å². The molecule has 0 unspecified atom stereocenters. The van der Waals surface area contributed by atoms with E-state index in [0.29, 0.717) is 30.7 Å². The van der Waals surface area contributed by atoms with Gasteiger partial charge in [0.15, 0.2) is 0 Å². The molecule has 0 aliphatic rings. The number of hydrogen-bond donors (Lipinski definition) is 2. The number of hydrogen-bond acceptors (Lipinski definition) is 3. The molecule has 1 aromatic carbocycles. The fraction of sp³-hybridized carbons (Fsp3) is 0.400. The molecule has 0 aromatic heterocycles. The Morgan fingerprint density at radius 3 is 2.95 bits per heavy atom. The van der Waals surface area contributed by atoms with Gasteiger partial charge in [-0.1, -0.05) is 17.9 Å². The summed E-state index contributed by atoms with van der Waals surface area (Å²) in [6, 6.07) is 5.51. The molecule has 4 heteroatoms. The molecule has 0 fully saturated rings. The number of aliphatic hydroxyl groups is 1. The number of nitrogens with one attached hydrogen (secondary N) is 1. The van der Waals surface area contributed by atoms with Crippen LogP contribution in [-0.4, -0.2) is 37.9 Å². The summed E-state index contributed by atoms with van der Waals surface area (Å²) in [7, 11) is 1.59. The van der Waals surface area contributed by atoms with Gasteiger partial charge in [-0.2, -0.15) is 0 Å². The van der Waals surface area contributed by atoms with E-state index < -0.39 is 0 Å². The second-order valence-corrected chi connectivity index (χ2v) is 4.07. The van der Waals surface area contributed by atoms with Gasteiger partial charge in [0.05, 0.1) is 18.8 Å². The monoisotopic (exact) mass is 261 g/mol. The zero-order chi connectivity index (χ0) is 14.1. The predicted octanol–water partition coefficient (Wildman–Crippen LogP) is 1.11. The third-order valence-corrected chi connectivity index (χ3v) is 2.47. The number of aliphatic hydroxyl groups excluding tert-OH is 1. The number of carbonyl (C=O) groups excluding carboxylic acids is 1. The fourth-order valence-corrected chi connectivity index (χ4v) is 1.53. The van der Waals surface area contributed by atoms with Crippen LogP contribution in [0.25, 0.3) is 0 Å². The summed E-state index contributed by atoms with van der Waals surface area (Å²) in [5, 5.41) is 11.5. The second kappa shape index (κ2) is 8.30. The Morgan fingerprint density at radius 1 is 1.47 bits per heavy atom. The minimum absolute atomic E-state index is 0.0220. The molecule has 1 rings (SSSR count). The molecule has 2 N–H and O–H groups in total. The first-order valence-electron chi connectivity index (χ1n) is 6.16. The Bertz CT molecular complexity index is 486. The first kappa shape index (κ1) is 15.2. The van der Waals surface area contributed by atoms with Crippen LogP contribution >= 0.6 is 0 Å². The van der Waals surface area contributed by atoms with Crippen LogP contribution in [0.1, 0.15) is 27.9 Å². The Labute approximate surface area is 113 Å². The minimum atomic E-state index is -0.162. The second-order valence-electron chi connectivity index (χ2n) is 4.07. The van der Waals surface area contributed by atoms with Crippen LogP contribution in [-0.2, 0) is 4.74 Å². The predicted molar refractivity (Wildman–Crippen MR) is 74.0 cm³/mol. The molecule has 0 atom stereocenters. The normalized spacial score (nSPS) is 9.63. The molecule has 4 nitrogen and oxygen atoms in total. The number of methoxy groups -OCH3 is 1. The van der Waals surface area contributed by atoms with Gasteiger partial charge in [0.2, 0.25) is 0 Å². The Balaban J connectivity index is 2.87. The van der Waals surface area contributed by atoms with Crippen molar-refractivity contribution >= 4 is 5.91 Å². The van der Waals surface area contributed by atoms with E-state index in [1.807, 2.05) is 19.1 Å². The zero-order valence-electron chi connectivity index (χ0n) is 11.3. The molecule has 0 spiro atoms. The molecule has 0 radical (unpaired) electrons. The number of aryl methyl sites for hydroxylation is 1. The quantitative estimate of drug-likeness (QED) is 0.616. The molecule has 1 amide bonds. The van der Waals surface area contributed by atoms with Crippen LogP contribution in [0.15, 0.2) is 18.2 Å². The Kier molecular flexibility index (Phi) is 6.65. The summed E-state index contributed by atoms with van der Waals surface area (Å²) >= 11 is 0. The van der Waals surface area contributed by atoms with Crippen molar-refractivity contribution < 1.29 is 14.6 Å². The van der Waals surface area contributed by atoms with Crippen molar-refractivity contribution in [3.05, 3.63) is 34.9 Å². The van der Waals surface area contributed by atoms with Crippen molar-refractivity contribution in [1.29, 1.82) is 0 Å². The van der Waals surface area contributed by atoms with E-state index in [0.717, 1.165) is 5.56 Å². The molecule has 102 valence electrons. The summed E-state index contributed by atoms with van der Waals surface area (Å²) in [5.41, 5.74) is 2.28. The zero-order valence-corrected chi connectivity index (χ0v) is 11.3. The molecular weight excluding hydrogens is 242 g/mol. The first-order valence-corrected chi connectivity index (χ1v) is 6.16. The van der Waals surface area contributed by atoms with Crippen molar-refractivity contribution in [3.63, 3.8) is 0 Å². The van der Waals surface area contributed by atoms with E-state index in [1.165, 1.54) is 0 Å². The van der Waals surface area contributed by atoms with Crippen molar-refractivity contribution in [2.75, 3.05) is 26.9 Å². The van der Waals surface area contributed by atoms with Crippen LogP contribution in [0, 0.1) is 18.8 Å². The molecule has 0 heterocycles. The topological polar surface area (TPSA) is 58.6 Å². The Morgan fingerprint density at radius 2 is 2.26 bits per heavy atom. The number of rotatable bonds is 5. The van der Waals surface area contributed by atoms with Crippen molar-refractivity contribution in [1.82, 2.24) is 5.32 Å². The Hall–Kier alpha value is -1.83. The maximum atomic E-state index is 12.0. The van der Waals surface area contributed by atoms with Crippen molar-refractivity contribution in [2.45, 2.75) is 13.3 Å². The summed E-state index contributed by atoms with van der Waals surface area (Å²) in [4.78, 5) is 12.0. The van der Waals surface area contributed by atoms with Gasteiger partial charge in [-0.15, -0.1) is 0 Å². The van der Waals surface area contributed by atoms with Gasteiger partial charge < -0.3 is 15.2 Å². The standard InChI is InChI=1S/C15H19NO3/c1-12-6-7-14(15(18)16-8-10-19-2)13(11-12)5-3-4-9-17/h6-7,11,17H,4,8-10H2,1-2H3,(H,16,18). The molecular formula is C15H19NO3. The lowest BCUT2D eigenvalue weighted by atomic mass is 10.0. The third kappa shape index (κ3) is 5.12. The average Bonchev–Trinajstić information content (AvgIpc) is 2.39. The van der Waals surface area contributed by atoms with E-state index >= 15 is 0 Å². The maximum Gasteiger partial charge on any atom is 0.252 e. The highest BCUT2D eigenvalue weighted by atomic mass is 16.5. The number of ether oxygens (including phenoxy) is 1. The summed E-state index contributed by atoms with van der Waals surface area (Å²) in [5.74, 6) is 5.60. The van der Waals surface area contributed by atoms with Gasteiger partial charge in [-0.3, -0.25) is 4.79 Å². The average molecular weight is 261 g/mol. The largest absolute Gasteiger partial charge is 0.395 e. The lowest BCUT2D eigenvalue weighted by Gasteiger charge is -2.07. The number of amides is 1. The van der Waals surface area contributed by atoms with Gasteiger partial charge in [-0.25, -0.2) is 0 Å². The van der Waals surface area contributed by atoms with E-state index in [9.17, 15) is 4.79 Å². The van der Waals surface area contributed by atoms with Crippen LogP contribution in [0.3, 0.4) is 0 Å². The van der Waals surface area contributed by atoms with Crippen LogP contribution < -0.4 is 5.32 Å². The summed E-state index contributed by atoms with van der Waals surface area (Å²) in [6.45, 7) is 2.91. The molecule has 0 aliphatic carbocycles. The molecule has 0 aliphatic heterocycles. The van der Waals surface area contributed by atoms with Crippen LogP contribution in [0.4, 0.5) is 0 Å². The van der Waals surface area contributed by atoms with Crippen LogP contribution in [0.2, 0.25) is 0 Å². The summed E-state index contributed by atoms with van der Waals surface area (Å²) in [6.07, 6.45) is 0.401. The highest BCUT2D eigenvalue weighted by molar-refractivity contribution is 5.96. The van der Waals surface area contributed by atoms with Gasteiger partial charge in [0.25, 0.3) is 5.91 Å². The van der Waals surface area contributed by atoms with E-state index in [2.05, 4.69) is 17.2 Å². The lowest BCUT2D eigenvalue weighted by molar-refractivity contribution is 0.0937. The smallest absolute Gasteiger partial charge is 0.252 e. The molecule has 0 saturated carbocycles. The fourth-order valence-electron chi connectivity index (χ4n) is 1.53. The minimum Gasteiger partial charge on any atom is -0.395 e. The van der Waals surface area contributed by atoms with Gasteiger partial charge in [0.1, 0.15) is 0 Å². The summed E-state index contributed by atoms with van der Waals surface area (Å²) < 4.78 is 4.89. The lowest BCUT2D eigenvalue weighted by Crippen LogP contribution is -2.27. The number of benzene rings is 1. The molecule has 1 aromatic rings. The van der Waals surface area contributed by atoms with E-state index in [4.69, 9.17) is 9.84 Å². The number of carbonyl (C=O) groups is 1. The van der Waals surface area contributed by atoms with Crippen molar-refractivity contribution in [2.24, 2.45) is 0 Å². The molecule has 19 heavy (non-hydrogen) atoms. The van der Waals surface area contributed by atoms with Gasteiger partial charge in [0, 0.05) is 25.6 Å². The third-order valence-electron chi connectivity index (χ3n) is 2.47. The highest BCUT2D eigenvalue weighted by Crippen LogP contribution is 2.10. The van der Waals surface area contributed by atoms with Crippen molar-refractivity contribution in [3.8, 4) is 11.8 Å². The first-order chi connectivity index (χ1) is 9.19. The van der Waals surface area contributed by atoms with Gasteiger partial charge >= 0.3 is 0 Å². The molecule has 0 bridgehead atoms. The molecule has 0 saturated heterocycles. The van der Waals surface area contributed by atoms with Gasteiger partial charge in [-0.05, 0) is 24.6 Å². The van der Waals surface area contributed by atoms with E-state index in [1.54, 1.807) is 13.2 Å². The maximum absolute atomic E-state index is 12.0. The highest BCUT2D eigenvalue weighted by Gasteiger charge is 2.09.